The van der Waals surface area contributed by atoms with Gasteiger partial charge in [-0.25, -0.2) is 4.39 Å². The van der Waals surface area contributed by atoms with E-state index >= 15 is 0 Å². The first-order valence-electron chi connectivity index (χ1n) is 6.12. The lowest BCUT2D eigenvalue weighted by Gasteiger charge is -2.09. The zero-order valence-corrected chi connectivity index (χ0v) is 11.5. The molecular weight excluding hydrogens is 265 g/mol. The zero-order valence-electron chi connectivity index (χ0n) is 10.6. The molecule has 0 aliphatic carbocycles. The maximum absolute atomic E-state index is 13.5. The van der Waals surface area contributed by atoms with E-state index in [1.807, 2.05) is 13.0 Å². The lowest BCUT2D eigenvalue weighted by Crippen LogP contribution is -2.16. The first kappa shape index (κ1) is 13.9. The monoisotopic (exact) mass is 281 g/mol. The molecule has 2 rings (SSSR count). The molecule has 0 amide bonds. The van der Waals surface area contributed by atoms with E-state index in [0.717, 1.165) is 5.01 Å². The second-order valence-electron chi connectivity index (χ2n) is 4.33. The highest BCUT2D eigenvalue weighted by Gasteiger charge is 2.09. The van der Waals surface area contributed by atoms with Crippen LogP contribution in [-0.4, -0.2) is 28.0 Å². The first-order chi connectivity index (χ1) is 9.19. The minimum atomic E-state index is -0.221. The fraction of sp³-hybridized carbons (Fsp3) is 0.385. The third-order valence-corrected chi connectivity index (χ3v) is 3.55. The lowest BCUT2D eigenvalue weighted by molar-refractivity contribution is 0.282. The number of aliphatic hydroxyl groups excluding tert-OH is 1. The van der Waals surface area contributed by atoms with E-state index in [1.165, 1.54) is 17.4 Å². The van der Waals surface area contributed by atoms with Gasteiger partial charge in [-0.05, 0) is 25.0 Å². The molecule has 19 heavy (non-hydrogen) atoms. The zero-order chi connectivity index (χ0) is 13.7. The van der Waals surface area contributed by atoms with Gasteiger partial charge in [0.1, 0.15) is 10.8 Å². The molecule has 1 heterocycles. The van der Waals surface area contributed by atoms with Crippen LogP contribution in [0.2, 0.25) is 0 Å². The first-order valence-corrected chi connectivity index (χ1v) is 6.94. The van der Waals surface area contributed by atoms with E-state index in [4.69, 9.17) is 5.11 Å². The fourth-order valence-corrected chi connectivity index (χ4v) is 2.54. The van der Waals surface area contributed by atoms with Crippen molar-refractivity contribution in [3.63, 3.8) is 0 Å². The van der Waals surface area contributed by atoms with Crippen molar-refractivity contribution in [1.82, 2.24) is 10.2 Å². The molecule has 0 spiro atoms. The number of nitrogens with zero attached hydrogens (tertiary/aromatic N) is 2. The number of hydrogen-bond acceptors (Lipinski definition) is 5. The smallest absolute Gasteiger partial charge is 0.205 e. The summed E-state index contributed by atoms with van der Waals surface area (Å²) in [5, 5.41) is 21.5. The van der Waals surface area contributed by atoms with Crippen LogP contribution in [0.1, 0.15) is 23.9 Å². The summed E-state index contributed by atoms with van der Waals surface area (Å²) < 4.78 is 13.5. The van der Waals surface area contributed by atoms with Gasteiger partial charge >= 0.3 is 0 Å². The summed E-state index contributed by atoms with van der Waals surface area (Å²) in [6.07, 6.45) is 1.10. The Morgan fingerprint density at radius 3 is 2.89 bits per heavy atom. The largest absolute Gasteiger partial charge is 0.396 e. The van der Waals surface area contributed by atoms with Crippen molar-refractivity contribution < 1.29 is 9.50 Å². The Labute approximate surface area is 115 Å². The summed E-state index contributed by atoms with van der Waals surface area (Å²) in [6, 6.07) is 6.81. The van der Waals surface area contributed by atoms with Crippen LogP contribution in [0.5, 0.6) is 0 Å². The van der Waals surface area contributed by atoms with Crippen molar-refractivity contribution in [2.24, 2.45) is 0 Å². The second-order valence-corrected chi connectivity index (χ2v) is 5.39. The van der Waals surface area contributed by atoms with Crippen molar-refractivity contribution in [1.29, 1.82) is 0 Å². The average molecular weight is 281 g/mol. The Morgan fingerprint density at radius 2 is 2.16 bits per heavy atom. The molecule has 6 heteroatoms. The molecule has 0 bridgehead atoms. The molecule has 0 fully saturated rings. The predicted molar refractivity (Wildman–Crippen MR) is 73.9 cm³/mol. The quantitative estimate of drug-likeness (QED) is 0.854. The van der Waals surface area contributed by atoms with E-state index in [1.54, 1.807) is 12.1 Å². The van der Waals surface area contributed by atoms with Crippen LogP contribution in [0.25, 0.3) is 0 Å². The van der Waals surface area contributed by atoms with Crippen molar-refractivity contribution in [2.45, 2.75) is 25.8 Å². The van der Waals surface area contributed by atoms with E-state index in [-0.39, 0.29) is 18.5 Å². The van der Waals surface area contributed by atoms with Crippen LogP contribution in [0.15, 0.2) is 24.3 Å². The molecule has 1 aromatic carbocycles. The van der Waals surface area contributed by atoms with Gasteiger partial charge in [-0.3, -0.25) is 0 Å². The molecule has 0 aliphatic rings. The molecule has 0 unspecified atom stereocenters. The fourth-order valence-electron chi connectivity index (χ4n) is 1.66. The Morgan fingerprint density at radius 1 is 1.37 bits per heavy atom. The molecule has 102 valence electrons. The Bertz CT molecular complexity index is 532. The van der Waals surface area contributed by atoms with Crippen LogP contribution in [-0.2, 0) is 6.42 Å². The molecule has 4 nitrogen and oxygen atoms in total. The minimum absolute atomic E-state index is 0.134. The number of halogens is 1. The second kappa shape index (κ2) is 6.58. The lowest BCUT2D eigenvalue weighted by atomic mass is 10.1. The van der Waals surface area contributed by atoms with E-state index in [0.29, 0.717) is 23.5 Å². The van der Waals surface area contributed by atoms with Gasteiger partial charge in [0.05, 0.1) is 0 Å². The van der Waals surface area contributed by atoms with Gasteiger partial charge < -0.3 is 10.4 Å². The van der Waals surface area contributed by atoms with E-state index < -0.39 is 0 Å². The molecule has 1 atom stereocenters. The number of aliphatic hydroxyl groups is 1. The molecule has 0 saturated carbocycles. The maximum atomic E-state index is 13.5. The maximum Gasteiger partial charge on any atom is 0.205 e. The van der Waals surface area contributed by atoms with Gasteiger partial charge in [0.15, 0.2) is 0 Å². The highest BCUT2D eigenvalue weighted by atomic mass is 32.1. The normalized spacial score (nSPS) is 12.4. The topological polar surface area (TPSA) is 58.0 Å². The van der Waals surface area contributed by atoms with Crippen LogP contribution < -0.4 is 5.32 Å². The minimum Gasteiger partial charge on any atom is -0.396 e. The van der Waals surface area contributed by atoms with Gasteiger partial charge in [0, 0.05) is 19.1 Å². The number of hydrogen-bond donors (Lipinski definition) is 2. The summed E-state index contributed by atoms with van der Waals surface area (Å²) >= 11 is 1.41. The number of nitrogens with one attached hydrogen (secondary N) is 1. The Balaban J connectivity index is 2.00. The van der Waals surface area contributed by atoms with Gasteiger partial charge in [0.25, 0.3) is 0 Å². The molecule has 1 aromatic heterocycles. The third-order valence-electron chi connectivity index (χ3n) is 2.70. The van der Waals surface area contributed by atoms with E-state index in [2.05, 4.69) is 15.5 Å². The summed E-state index contributed by atoms with van der Waals surface area (Å²) in [5.74, 6) is -0.221. The van der Waals surface area contributed by atoms with Gasteiger partial charge in [-0.2, -0.15) is 0 Å². The summed E-state index contributed by atoms with van der Waals surface area (Å²) in [6.45, 7) is 2.10. The van der Waals surface area contributed by atoms with Crippen molar-refractivity contribution in [3.05, 3.63) is 40.7 Å². The Hall–Kier alpha value is -1.53. The van der Waals surface area contributed by atoms with Crippen LogP contribution in [0.3, 0.4) is 0 Å². The van der Waals surface area contributed by atoms with Crippen LogP contribution in [0.4, 0.5) is 9.52 Å². The summed E-state index contributed by atoms with van der Waals surface area (Å²) in [7, 11) is 0. The average Bonchev–Trinajstić information content (AvgIpc) is 2.80. The molecule has 0 radical (unpaired) electrons. The molecule has 0 aliphatic heterocycles. The van der Waals surface area contributed by atoms with Gasteiger partial charge in [0.2, 0.25) is 5.13 Å². The van der Waals surface area contributed by atoms with Crippen LogP contribution >= 0.6 is 11.3 Å². The third kappa shape index (κ3) is 3.97. The standard InChI is InChI=1S/C13H16FN3OS/c1-9(6-7-18)15-13-17-16-12(19-13)8-10-4-2-3-5-11(10)14/h2-5,9,18H,6-8H2,1H3,(H,15,17)/t9-/m0/s1. The number of rotatable bonds is 6. The van der Waals surface area contributed by atoms with Gasteiger partial charge in [-0.1, -0.05) is 29.5 Å². The van der Waals surface area contributed by atoms with Crippen LogP contribution in [0, 0.1) is 5.82 Å². The molecule has 2 aromatic rings. The molecular formula is C13H16FN3OS. The molecule has 0 saturated heterocycles. The molecule has 2 N–H and O–H groups in total. The highest BCUT2D eigenvalue weighted by molar-refractivity contribution is 7.15. The van der Waals surface area contributed by atoms with E-state index in [9.17, 15) is 4.39 Å². The number of aromatic nitrogens is 2. The Kier molecular flexibility index (Phi) is 4.81. The number of anilines is 1. The highest BCUT2D eigenvalue weighted by Crippen LogP contribution is 2.20. The predicted octanol–water partition coefficient (Wildman–Crippen LogP) is 2.45. The van der Waals surface area contributed by atoms with Crippen molar-refractivity contribution >= 4 is 16.5 Å². The summed E-state index contributed by atoms with van der Waals surface area (Å²) in [4.78, 5) is 0. The van der Waals surface area contributed by atoms with Crippen molar-refractivity contribution in [3.8, 4) is 0 Å². The SMILES string of the molecule is C[C@@H](CCO)Nc1nnc(Cc2ccccc2F)s1. The summed E-state index contributed by atoms with van der Waals surface area (Å²) in [5.41, 5.74) is 0.619. The van der Waals surface area contributed by atoms with Gasteiger partial charge in [-0.15, -0.1) is 10.2 Å². The number of benzene rings is 1. The van der Waals surface area contributed by atoms with Crippen molar-refractivity contribution in [2.75, 3.05) is 11.9 Å².